The second-order valence-corrected chi connectivity index (χ2v) is 7.01. The largest absolute Gasteiger partial charge is 0.494 e. The number of piperidine rings is 1. The molecule has 4 heteroatoms. The number of benzene rings is 1. The van der Waals surface area contributed by atoms with E-state index in [0.717, 1.165) is 42.8 Å². The van der Waals surface area contributed by atoms with Crippen LogP contribution in [0.4, 0.5) is 0 Å². The number of nitrogens with zero attached hydrogens (tertiary/aromatic N) is 2. The molecule has 4 nitrogen and oxygen atoms in total. The predicted octanol–water partition coefficient (Wildman–Crippen LogP) is 3.63. The van der Waals surface area contributed by atoms with Crippen molar-refractivity contribution in [2.75, 3.05) is 13.1 Å². The number of rotatable bonds is 4. The van der Waals surface area contributed by atoms with Crippen LogP contribution in [0, 0.1) is 23.2 Å². The van der Waals surface area contributed by atoms with Crippen LogP contribution in [-0.4, -0.2) is 25.4 Å². The molecule has 0 amide bonds. The summed E-state index contributed by atoms with van der Waals surface area (Å²) in [6, 6.07) is 10.5. The van der Waals surface area contributed by atoms with Gasteiger partial charge in [-0.05, 0) is 48.7 Å². The van der Waals surface area contributed by atoms with E-state index in [1.807, 2.05) is 24.5 Å². The number of allylic oxidation sites excluding steroid dienone is 5. The molecule has 0 aromatic heterocycles. The van der Waals surface area contributed by atoms with E-state index < -0.39 is 0 Å². The van der Waals surface area contributed by atoms with Crippen molar-refractivity contribution >= 4 is 11.8 Å². The normalized spacial score (nSPS) is 25.0. The van der Waals surface area contributed by atoms with E-state index in [2.05, 4.69) is 46.7 Å². The molecule has 0 saturated carbocycles. The van der Waals surface area contributed by atoms with Crippen LogP contribution in [0.2, 0.25) is 0 Å². The van der Waals surface area contributed by atoms with Crippen LogP contribution in [0.25, 0.3) is 5.57 Å². The van der Waals surface area contributed by atoms with Gasteiger partial charge in [-0.2, -0.15) is 5.26 Å². The Balaban J connectivity index is 1.60. The first-order valence-corrected chi connectivity index (χ1v) is 9.30. The van der Waals surface area contributed by atoms with Gasteiger partial charge in [0.15, 0.2) is 0 Å². The van der Waals surface area contributed by atoms with Crippen LogP contribution in [-0.2, 0) is 11.2 Å². The molecule has 1 aromatic carbocycles. The van der Waals surface area contributed by atoms with Gasteiger partial charge in [-0.1, -0.05) is 36.4 Å². The van der Waals surface area contributed by atoms with Gasteiger partial charge in [0.1, 0.15) is 11.9 Å². The third-order valence-corrected chi connectivity index (χ3v) is 5.21. The summed E-state index contributed by atoms with van der Waals surface area (Å²) in [7, 11) is 0. The minimum Gasteiger partial charge on any atom is -0.494 e. The smallest absolute Gasteiger partial charge is 0.106 e. The van der Waals surface area contributed by atoms with Gasteiger partial charge in [-0.25, -0.2) is 0 Å². The van der Waals surface area contributed by atoms with Gasteiger partial charge in [0, 0.05) is 18.3 Å². The van der Waals surface area contributed by atoms with Crippen molar-refractivity contribution in [2.45, 2.75) is 25.4 Å². The SMILES string of the molecule is N#CCc1ccc(C2=CC3C=CN=C[C@H]3C(OC3CCNCC3)=C2)cc1. The second kappa shape index (κ2) is 7.72. The van der Waals surface area contributed by atoms with E-state index in [1.54, 1.807) is 0 Å². The molecule has 2 atom stereocenters. The third kappa shape index (κ3) is 3.63. The first-order chi connectivity index (χ1) is 12.8. The van der Waals surface area contributed by atoms with Gasteiger partial charge in [-0.3, -0.25) is 4.99 Å². The minimum absolute atomic E-state index is 0.191. The highest BCUT2D eigenvalue weighted by Gasteiger charge is 2.29. The number of ether oxygens (including phenoxy) is 1. The summed E-state index contributed by atoms with van der Waals surface area (Å²) in [6.45, 7) is 2.03. The van der Waals surface area contributed by atoms with Crippen LogP contribution >= 0.6 is 0 Å². The molecule has 0 radical (unpaired) electrons. The Kier molecular flexibility index (Phi) is 4.99. The van der Waals surface area contributed by atoms with Gasteiger partial charge in [0.25, 0.3) is 0 Å². The van der Waals surface area contributed by atoms with Crippen LogP contribution < -0.4 is 5.32 Å². The molecule has 132 valence electrons. The van der Waals surface area contributed by atoms with Gasteiger partial charge in [0.05, 0.1) is 18.4 Å². The van der Waals surface area contributed by atoms with Crippen LogP contribution in [0.3, 0.4) is 0 Å². The number of nitriles is 1. The van der Waals surface area contributed by atoms with Crippen molar-refractivity contribution in [3.8, 4) is 6.07 Å². The summed E-state index contributed by atoms with van der Waals surface area (Å²) in [5.41, 5.74) is 3.39. The van der Waals surface area contributed by atoms with Crippen LogP contribution in [0.15, 0.2) is 59.4 Å². The van der Waals surface area contributed by atoms with Crippen LogP contribution in [0.5, 0.6) is 0 Å². The standard InChI is InChI=1S/C22H23N3O/c23-9-5-16-1-3-17(4-2-16)19-13-18-6-10-25-15-21(18)22(14-19)26-20-7-11-24-12-8-20/h1-4,6,10,13-15,18,20-21,24H,5,7-8,11-12H2/t18?,21-/m1/s1. The highest BCUT2D eigenvalue weighted by Crippen LogP contribution is 2.36. The van der Waals surface area contributed by atoms with Crippen molar-refractivity contribution in [3.05, 3.63) is 65.6 Å². The quantitative estimate of drug-likeness (QED) is 0.906. The Morgan fingerprint density at radius 1 is 1.19 bits per heavy atom. The Morgan fingerprint density at radius 3 is 2.77 bits per heavy atom. The molecule has 3 aliphatic rings. The zero-order valence-electron chi connectivity index (χ0n) is 14.8. The molecule has 1 aliphatic carbocycles. The Labute approximate surface area is 154 Å². The lowest BCUT2D eigenvalue weighted by molar-refractivity contribution is 0.0735. The van der Waals surface area contributed by atoms with Crippen molar-refractivity contribution < 1.29 is 4.74 Å². The molecule has 1 aromatic rings. The summed E-state index contributed by atoms with van der Waals surface area (Å²) in [4.78, 5) is 4.34. The van der Waals surface area contributed by atoms with Gasteiger partial charge in [-0.15, -0.1) is 0 Å². The molecule has 4 rings (SSSR count). The average Bonchev–Trinajstić information content (AvgIpc) is 2.69. The van der Waals surface area contributed by atoms with Crippen molar-refractivity contribution in [1.82, 2.24) is 5.32 Å². The van der Waals surface area contributed by atoms with E-state index >= 15 is 0 Å². The lowest BCUT2D eigenvalue weighted by atomic mass is 9.82. The number of hydrogen-bond acceptors (Lipinski definition) is 4. The Bertz CT molecular complexity index is 805. The molecule has 0 bridgehead atoms. The summed E-state index contributed by atoms with van der Waals surface area (Å²) < 4.78 is 6.43. The lowest BCUT2D eigenvalue weighted by Crippen LogP contribution is -2.34. The fourth-order valence-corrected chi connectivity index (χ4v) is 3.74. The average molecular weight is 345 g/mol. The molecular weight excluding hydrogens is 322 g/mol. The van der Waals surface area contributed by atoms with E-state index in [9.17, 15) is 0 Å². The first-order valence-electron chi connectivity index (χ1n) is 9.30. The van der Waals surface area contributed by atoms with E-state index in [0.29, 0.717) is 6.42 Å². The van der Waals surface area contributed by atoms with E-state index in [4.69, 9.17) is 10.00 Å². The number of fused-ring (bicyclic) bond motifs is 1. The summed E-state index contributed by atoms with van der Waals surface area (Å²) >= 11 is 0. The van der Waals surface area contributed by atoms with E-state index in [1.165, 1.54) is 5.57 Å². The van der Waals surface area contributed by atoms with Crippen molar-refractivity contribution in [1.29, 1.82) is 5.26 Å². The molecule has 2 heterocycles. The van der Waals surface area contributed by atoms with Crippen molar-refractivity contribution in [2.24, 2.45) is 16.8 Å². The summed E-state index contributed by atoms with van der Waals surface area (Å²) in [5, 5.41) is 12.2. The maximum Gasteiger partial charge on any atom is 0.106 e. The number of nitrogens with one attached hydrogen (secondary N) is 1. The maximum absolute atomic E-state index is 8.85. The Morgan fingerprint density at radius 2 is 2.00 bits per heavy atom. The maximum atomic E-state index is 8.85. The Hall–Kier alpha value is -2.64. The fourth-order valence-electron chi connectivity index (χ4n) is 3.74. The molecule has 1 N–H and O–H groups in total. The zero-order chi connectivity index (χ0) is 17.8. The highest BCUT2D eigenvalue weighted by molar-refractivity contribution is 5.80. The molecule has 1 fully saturated rings. The molecule has 1 unspecified atom stereocenters. The predicted molar refractivity (Wildman–Crippen MR) is 103 cm³/mol. The first kappa shape index (κ1) is 16.8. The van der Waals surface area contributed by atoms with Crippen LogP contribution in [0.1, 0.15) is 24.0 Å². The monoisotopic (exact) mass is 345 g/mol. The number of aliphatic imine (C=N–C) groups is 1. The van der Waals surface area contributed by atoms with Crippen molar-refractivity contribution in [3.63, 3.8) is 0 Å². The van der Waals surface area contributed by atoms with Gasteiger partial charge >= 0.3 is 0 Å². The summed E-state index contributed by atoms with van der Waals surface area (Å²) in [5.74, 6) is 1.49. The lowest BCUT2D eigenvalue weighted by Gasteiger charge is -2.32. The molecule has 0 spiro atoms. The highest BCUT2D eigenvalue weighted by atomic mass is 16.5. The number of hydrogen-bond donors (Lipinski definition) is 1. The van der Waals surface area contributed by atoms with E-state index in [-0.39, 0.29) is 17.9 Å². The second-order valence-electron chi connectivity index (χ2n) is 7.01. The fraction of sp³-hybridized carbons (Fsp3) is 0.364. The molecule has 1 saturated heterocycles. The van der Waals surface area contributed by atoms with Gasteiger partial charge < -0.3 is 10.1 Å². The third-order valence-electron chi connectivity index (χ3n) is 5.21. The summed E-state index contributed by atoms with van der Waals surface area (Å²) in [6.07, 6.45) is 13.3. The van der Waals surface area contributed by atoms with Gasteiger partial charge in [0.2, 0.25) is 0 Å². The minimum atomic E-state index is 0.191. The molecule has 26 heavy (non-hydrogen) atoms. The molecular formula is C22H23N3O. The molecule has 2 aliphatic heterocycles. The topological polar surface area (TPSA) is 57.4 Å². The zero-order valence-corrected chi connectivity index (χ0v) is 14.8.